The van der Waals surface area contributed by atoms with Crippen LogP contribution in [0.3, 0.4) is 0 Å². The smallest absolute Gasteiger partial charge is 0.283 e. The monoisotopic (exact) mass is 463 g/mol. The van der Waals surface area contributed by atoms with Gasteiger partial charge in [-0.05, 0) is 31.2 Å². The van der Waals surface area contributed by atoms with E-state index in [2.05, 4.69) is 5.32 Å². The first-order valence-electron chi connectivity index (χ1n) is 8.86. The summed E-state index contributed by atoms with van der Waals surface area (Å²) in [4.78, 5) is 25.7. The summed E-state index contributed by atoms with van der Waals surface area (Å²) < 4.78 is 20.7. The summed E-state index contributed by atoms with van der Waals surface area (Å²) in [5.74, 6) is 3.09. The molecule has 0 bridgehead atoms. The van der Waals surface area contributed by atoms with Gasteiger partial charge in [0.1, 0.15) is 11.4 Å². The summed E-state index contributed by atoms with van der Waals surface area (Å²) >= 11 is 12.0. The second kappa shape index (κ2) is 9.22. The van der Waals surface area contributed by atoms with Gasteiger partial charge in [0.15, 0.2) is 11.6 Å². The maximum absolute atomic E-state index is 15.1. The molecular formula is C20H16Cl2FN5O3. The lowest BCUT2D eigenvalue weighted by Crippen LogP contribution is -2.35. The van der Waals surface area contributed by atoms with Crippen molar-refractivity contribution in [2.75, 3.05) is 6.67 Å². The molecule has 2 aromatic rings. The molecule has 0 fully saturated rings. The zero-order valence-electron chi connectivity index (χ0n) is 16.1. The number of nitrogens with two attached hydrogens (primary N) is 1. The summed E-state index contributed by atoms with van der Waals surface area (Å²) in [6, 6.07) is 8.92. The maximum Gasteiger partial charge on any atom is 0.283 e. The molecule has 0 aromatic heterocycles. The summed E-state index contributed by atoms with van der Waals surface area (Å²) in [6.45, 7) is 1.62. The Hall–Kier alpha value is -3.32. The van der Waals surface area contributed by atoms with Gasteiger partial charge in [-0.3, -0.25) is 19.9 Å². The Bertz CT molecular complexity index is 1150. The van der Waals surface area contributed by atoms with E-state index in [1.807, 2.05) is 11.5 Å². The van der Waals surface area contributed by atoms with Crippen LogP contribution in [0.5, 0.6) is 11.5 Å². The number of benzene rings is 2. The van der Waals surface area contributed by atoms with Crippen LogP contribution in [0, 0.1) is 17.1 Å². The number of rotatable bonds is 5. The number of ether oxygens (including phenoxy) is 1. The third-order valence-electron chi connectivity index (χ3n) is 4.53. The third kappa shape index (κ3) is 4.72. The van der Waals surface area contributed by atoms with Gasteiger partial charge in [-0.1, -0.05) is 29.3 Å². The van der Waals surface area contributed by atoms with E-state index in [0.717, 1.165) is 0 Å². The van der Waals surface area contributed by atoms with Crippen LogP contribution in [0.1, 0.15) is 18.1 Å². The van der Waals surface area contributed by atoms with E-state index in [1.54, 1.807) is 6.92 Å². The van der Waals surface area contributed by atoms with Crippen molar-refractivity contribution in [2.45, 2.75) is 13.3 Å². The molecule has 4 N–H and O–H groups in total. The van der Waals surface area contributed by atoms with Gasteiger partial charge in [0.25, 0.3) is 5.91 Å². The molecular weight excluding hydrogens is 448 g/mol. The van der Waals surface area contributed by atoms with Crippen molar-refractivity contribution < 1.29 is 18.7 Å². The number of nitriles is 1. The predicted molar refractivity (Wildman–Crippen MR) is 111 cm³/mol. The van der Waals surface area contributed by atoms with Gasteiger partial charge in [0, 0.05) is 16.3 Å². The number of amides is 2. The van der Waals surface area contributed by atoms with Crippen LogP contribution in [0.2, 0.25) is 10.0 Å². The molecule has 0 spiro atoms. The topological polar surface area (TPSA) is 120 Å². The fraction of sp³-hybridized carbons (Fsp3) is 0.150. The quantitative estimate of drug-likeness (QED) is 0.356. The summed E-state index contributed by atoms with van der Waals surface area (Å²) in [5, 5.41) is 12.0. The fourth-order valence-electron chi connectivity index (χ4n) is 3.00. The highest BCUT2D eigenvalue weighted by molar-refractivity contribution is 6.32. The molecule has 0 aliphatic carbocycles. The van der Waals surface area contributed by atoms with E-state index in [9.17, 15) is 9.59 Å². The predicted octanol–water partition coefficient (Wildman–Crippen LogP) is 2.95. The summed E-state index contributed by atoms with van der Waals surface area (Å²) in [6.07, 6.45) is -0.311. The Kier molecular flexibility index (Phi) is 6.65. The van der Waals surface area contributed by atoms with Crippen molar-refractivity contribution >= 4 is 35.0 Å². The minimum atomic E-state index is -0.826. The Labute approximate surface area is 186 Å². The number of nitrogens with zero attached hydrogens (tertiary/aromatic N) is 2. The minimum absolute atomic E-state index is 0.0204. The van der Waals surface area contributed by atoms with Crippen molar-refractivity contribution in [1.29, 1.82) is 5.26 Å². The van der Waals surface area contributed by atoms with E-state index in [4.69, 9.17) is 39.0 Å². The van der Waals surface area contributed by atoms with Gasteiger partial charge in [-0.2, -0.15) is 5.26 Å². The van der Waals surface area contributed by atoms with Crippen LogP contribution >= 0.6 is 23.2 Å². The van der Waals surface area contributed by atoms with E-state index >= 15 is 4.39 Å². The first-order chi connectivity index (χ1) is 14.7. The highest BCUT2D eigenvalue weighted by atomic mass is 35.5. The van der Waals surface area contributed by atoms with Crippen LogP contribution in [-0.2, 0) is 16.0 Å². The maximum atomic E-state index is 15.1. The molecule has 3 rings (SSSR count). The van der Waals surface area contributed by atoms with Crippen LogP contribution in [0.25, 0.3) is 0 Å². The second-order valence-corrected chi connectivity index (χ2v) is 7.35. The van der Waals surface area contributed by atoms with Gasteiger partial charge >= 0.3 is 0 Å². The highest BCUT2D eigenvalue weighted by Gasteiger charge is 2.28. The number of hydrogen-bond acceptors (Lipinski definition) is 6. The Morgan fingerprint density at radius 3 is 2.77 bits per heavy atom. The molecule has 0 saturated heterocycles. The Morgan fingerprint density at radius 1 is 1.35 bits per heavy atom. The molecule has 11 heteroatoms. The van der Waals surface area contributed by atoms with E-state index in [1.165, 1.54) is 35.2 Å². The number of hydrazine groups is 1. The molecule has 2 aromatic carbocycles. The van der Waals surface area contributed by atoms with Crippen LogP contribution in [0.4, 0.5) is 4.39 Å². The van der Waals surface area contributed by atoms with Gasteiger partial charge in [0.2, 0.25) is 5.91 Å². The third-order valence-corrected chi connectivity index (χ3v) is 5.05. The van der Waals surface area contributed by atoms with Gasteiger partial charge in [-0.25, -0.2) is 10.2 Å². The molecule has 0 atom stereocenters. The van der Waals surface area contributed by atoms with Crippen molar-refractivity contribution in [1.82, 2.24) is 15.6 Å². The molecule has 0 radical (unpaired) electrons. The summed E-state index contributed by atoms with van der Waals surface area (Å²) in [5.41, 5.74) is 2.77. The average molecular weight is 464 g/mol. The zero-order valence-corrected chi connectivity index (χ0v) is 17.6. The Morgan fingerprint density at radius 2 is 2.10 bits per heavy atom. The Balaban J connectivity index is 1.85. The number of allylic oxidation sites excluding steroid dienone is 1. The fourth-order valence-corrected chi connectivity index (χ4v) is 3.41. The molecule has 1 aliphatic heterocycles. The lowest BCUT2D eigenvalue weighted by Gasteiger charge is -2.18. The van der Waals surface area contributed by atoms with Gasteiger partial charge in [-0.15, -0.1) is 0 Å². The van der Waals surface area contributed by atoms with E-state index in [0.29, 0.717) is 5.70 Å². The van der Waals surface area contributed by atoms with E-state index < -0.39 is 17.6 Å². The lowest BCUT2D eigenvalue weighted by atomic mass is 10.1. The molecule has 160 valence electrons. The second-order valence-electron chi connectivity index (χ2n) is 6.51. The SMILES string of the molecule is CC1=C(C(=O)NN)NCN1C(=O)Cc1ccc(Cl)c(Oc2cc(Cl)cc(C#N)c2)c1F. The van der Waals surface area contributed by atoms with Crippen molar-refractivity contribution in [3.63, 3.8) is 0 Å². The normalized spacial score (nSPS) is 13.0. The largest absolute Gasteiger partial charge is 0.453 e. The number of carbonyl (C=O) groups excluding carboxylic acids is 2. The lowest BCUT2D eigenvalue weighted by molar-refractivity contribution is -0.128. The van der Waals surface area contributed by atoms with Gasteiger partial charge < -0.3 is 10.1 Å². The number of halogens is 3. The van der Waals surface area contributed by atoms with Crippen molar-refractivity contribution in [3.8, 4) is 17.6 Å². The van der Waals surface area contributed by atoms with Crippen LogP contribution in [-0.4, -0.2) is 23.4 Å². The number of hydrogen-bond donors (Lipinski definition) is 3. The molecule has 1 heterocycles. The highest BCUT2D eigenvalue weighted by Crippen LogP contribution is 2.35. The van der Waals surface area contributed by atoms with Crippen LogP contribution in [0.15, 0.2) is 41.7 Å². The average Bonchev–Trinajstić information content (AvgIpc) is 3.13. The molecule has 8 nitrogen and oxygen atoms in total. The molecule has 2 amide bonds. The number of carbonyl (C=O) groups is 2. The van der Waals surface area contributed by atoms with Crippen molar-refractivity contribution in [3.05, 3.63) is 68.7 Å². The van der Waals surface area contributed by atoms with Gasteiger partial charge in [0.05, 0.1) is 29.7 Å². The first-order valence-corrected chi connectivity index (χ1v) is 9.62. The number of nitrogens with one attached hydrogen (secondary N) is 2. The van der Waals surface area contributed by atoms with Crippen molar-refractivity contribution in [2.24, 2.45) is 5.84 Å². The standard InChI is InChI=1S/C20H16Cl2FN5O3/c1-10-18(20(30)27-25)26-9-28(10)16(29)6-12-2-3-15(22)19(17(12)23)31-14-5-11(8-24)4-13(21)7-14/h2-5,7,26H,6,9,25H2,1H3,(H,27,30). The first kappa shape index (κ1) is 22.4. The molecule has 0 unspecified atom stereocenters. The molecule has 0 saturated carbocycles. The molecule has 1 aliphatic rings. The van der Waals surface area contributed by atoms with E-state index in [-0.39, 0.29) is 51.5 Å². The zero-order chi connectivity index (χ0) is 22.7. The minimum Gasteiger partial charge on any atom is -0.453 e. The molecule has 31 heavy (non-hydrogen) atoms. The summed E-state index contributed by atoms with van der Waals surface area (Å²) in [7, 11) is 0. The van der Waals surface area contributed by atoms with Crippen LogP contribution < -0.4 is 21.3 Å².